The molecule has 0 unspecified atom stereocenters. The van der Waals surface area contributed by atoms with E-state index in [0.717, 1.165) is 5.56 Å². The van der Waals surface area contributed by atoms with E-state index in [2.05, 4.69) is 10.5 Å². The molecule has 0 aliphatic heterocycles. The van der Waals surface area contributed by atoms with E-state index in [9.17, 15) is 14.9 Å². The van der Waals surface area contributed by atoms with E-state index in [1.165, 1.54) is 18.2 Å². The van der Waals surface area contributed by atoms with Gasteiger partial charge >= 0.3 is 0 Å². The summed E-state index contributed by atoms with van der Waals surface area (Å²) in [6, 6.07) is 12.9. The number of nitro groups is 1. The first-order chi connectivity index (χ1) is 11.0. The molecule has 0 aromatic heterocycles. The van der Waals surface area contributed by atoms with Crippen molar-refractivity contribution in [2.24, 2.45) is 5.10 Å². The predicted octanol–water partition coefficient (Wildman–Crippen LogP) is 2.76. The lowest BCUT2D eigenvalue weighted by Gasteiger charge is -2.05. The van der Waals surface area contributed by atoms with Crippen molar-refractivity contribution in [1.82, 2.24) is 5.43 Å². The minimum atomic E-state index is -0.634. The predicted molar refractivity (Wildman–Crippen MR) is 85.8 cm³/mol. The number of para-hydroxylation sites is 1. The van der Waals surface area contributed by atoms with Crippen LogP contribution >= 0.6 is 0 Å². The average molecular weight is 313 g/mol. The Morgan fingerprint density at radius 1 is 1.17 bits per heavy atom. The van der Waals surface area contributed by atoms with Crippen LogP contribution in [0.25, 0.3) is 0 Å². The van der Waals surface area contributed by atoms with Crippen molar-refractivity contribution in [2.75, 3.05) is 7.11 Å². The molecule has 23 heavy (non-hydrogen) atoms. The third kappa shape index (κ3) is 3.91. The van der Waals surface area contributed by atoms with E-state index in [-0.39, 0.29) is 11.3 Å². The Labute approximate surface area is 132 Å². The number of hydrogen-bond donors (Lipinski definition) is 1. The van der Waals surface area contributed by atoms with Crippen LogP contribution in [0.4, 0.5) is 5.69 Å². The zero-order valence-corrected chi connectivity index (χ0v) is 12.6. The van der Waals surface area contributed by atoms with Crippen molar-refractivity contribution in [1.29, 1.82) is 0 Å². The summed E-state index contributed by atoms with van der Waals surface area (Å²) in [6.45, 7) is 1.72. The standard InChI is InChI=1S/C16H15N3O4/c1-11(12-7-9-13(23-2)10-8-12)17-18-16(20)14-5-3-4-6-15(14)19(21)22/h3-10H,1-2H3,(H,18,20). The highest BCUT2D eigenvalue weighted by Crippen LogP contribution is 2.17. The van der Waals surface area contributed by atoms with Gasteiger partial charge in [0.05, 0.1) is 17.7 Å². The highest BCUT2D eigenvalue weighted by molar-refractivity contribution is 6.02. The zero-order valence-electron chi connectivity index (χ0n) is 12.6. The van der Waals surface area contributed by atoms with E-state index in [4.69, 9.17) is 4.74 Å². The molecule has 7 heteroatoms. The Morgan fingerprint density at radius 2 is 1.83 bits per heavy atom. The summed E-state index contributed by atoms with van der Waals surface area (Å²) < 4.78 is 5.07. The van der Waals surface area contributed by atoms with Crippen LogP contribution in [-0.4, -0.2) is 23.7 Å². The largest absolute Gasteiger partial charge is 0.497 e. The molecule has 0 aliphatic carbocycles. The summed E-state index contributed by atoms with van der Waals surface area (Å²) in [6.07, 6.45) is 0. The van der Waals surface area contributed by atoms with Crippen LogP contribution in [-0.2, 0) is 0 Å². The number of nitrogens with one attached hydrogen (secondary N) is 1. The lowest BCUT2D eigenvalue weighted by Crippen LogP contribution is -2.20. The summed E-state index contributed by atoms with van der Waals surface area (Å²) in [5.41, 5.74) is 3.40. The van der Waals surface area contributed by atoms with Crippen molar-refractivity contribution in [2.45, 2.75) is 6.92 Å². The lowest BCUT2D eigenvalue weighted by molar-refractivity contribution is -0.385. The second-order valence-corrected chi connectivity index (χ2v) is 4.64. The number of hydrogen-bond acceptors (Lipinski definition) is 5. The molecule has 0 fully saturated rings. The fourth-order valence-electron chi connectivity index (χ4n) is 1.92. The van der Waals surface area contributed by atoms with Crippen LogP contribution in [0.2, 0.25) is 0 Å². The molecule has 0 saturated carbocycles. The lowest BCUT2D eigenvalue weighted by atomic mass is 10.1. The van der Waals surface area contributed by atoms with Crippen molar-refractivity contribution in [3.05, 3.63) is 69.8 Å². The van der Waals surface area contributed by atoms with Crippen LogP contribution in [0.1, 0.15) is 22.8 Å². The summed E-state index contributed by atoms with van der Waals surface area (Å²) in [4.78, 5) is 22.4. The van der Waals surface area contributed by atoms with Gasteiger partial charge in [-0.2, -0.15) is 5.10 Å². The SMILES string of the molecule is COc1ccc(C(C)=NNC(=O)c2ccccc2[N+](=O)[O-])cc1. The number of rotatable bonds is 5. The van der Waals surface area contributed by atoms with Crippen molar-refractivity contribution >= 4 is 17.3 Å². The molecule has 0 heterocycles. The maximum atomic E-state index is 12.1. The molecule has 0 saturated heterocycles. The molecule has 2 rings (SSSR count). The normalized spacial score (nSPS) is 11.0. The van der Waals surface area contributed by atoms with Crippen molar-refractivity contribution in [3.63, 3.8) is 0 Å². The number of nitro benzene ring substituents is 1. The van der Waals surface area contributed by atoms with Gasteiger partial charge in [-0.15, -0.1) is 0 Å². The van der Waals surface area contributed by atoms with E-state index in [0.29, 0.717) is 11.5 Å². The molecule has 0 radical (unpaired) electrons. The molecule has 7 nitrogen and oxygen atoms in total. The molecule has 0 bridgehead atoms. The number of hydrazone groups is 1. The van der Waals surface area contributed by atoms with Gasteiger partial charge in [0.1, 0.15) is 11.3 Å². The van der Waals surface area contributed by atoms with E-state index in [1.54, 1.807) is 44.4 Å². The van der Waals surface area contributed by atoms with Gasteiger partial charge in [0.25, 0.3) is 11.6 Å². The number of nitrogens with zero attached hydrogens (tertiary/aromatic N) is 2. The van der Waals surface area contributed by atoms with Crippen molar-refractivity contribution in [3.8, 4) is 5.75 Å². The second-order valence-electron chi connectivity index (χ2n) is 4.64. The second kappa shape index (κ2) is 7.17. The molecule has 0 atom stereocenters. The third-order valence-corrected chi connectivity index (χ3v) is 3.18. The minimum Gasteiger partial charge on any atom is -0.497 e. The number of methoxy groups -OCH3 is 1. The van der Waals surface area contributed by atoms with Crippen molar-refractivity contribution < 1.29 is 14.5 Å². The summed E-state index contributed by atoms with van der Waals surface area (Å²) in [5, 5.41) is 14.9. The summed E-state index contributed by atoms with van der Waals surface area (Å²) in [5.74, 6) is 0.0793. The first-order valence-electron chi connectivity index (χ1n) is 6.75. The number of amides is 1. The van der Waals surface area contributed by atoms with Crippen LogP contribution < -0.4 is 10.2 Å². The Morgan fingerprint density at radius 3 is 2.43 bits per heavy atom. The molecule has 0 spiro atoms. The molecule has 0 aliphatic rings. The maximum Gasteiger partial charge on any atom is 0.282 e. The maximum absolute atomic E-state index is 12.1. The first-order valence-corrected chi connectivity index (χ1v) is 6.75. The Kier molecular flexibility index (Phi) is 5.03. The highest BCUT2D eigenvalue weighted by Gasteiger charge is 2.18. The Hall–Kier alpha value is -3.22. The van der Waals surface area contributed by atoms with Crippen LogP contribution in [0, 0.1) is 10.1 Å². The van der Waals surface area contributed by atoms with Gasteiger partial charge in [-0.25, -0.2) is 5.43 Å². The van der Waals surface area contributed by atoms with Crippen LogP contribution in [0.15, 0.2) is 53.6 Å². The monoisotopic (exact) mass is 313 g/mol. The fourth-order valence-corrected chi connectivity index (χ4v) is 1.92. The van der Waals surface area contributed by atoms with Gasteiger partial charge < -0.3 is 4.74 Å². The number of carbonyl (C=O) groups excluding carboxylic acids is 1. The summed E-state index contributed by atoms with van der Waals surface area (Å²) >= 11 is 0. The molecule has 1 amide bonds. The van der Waals surface area contributed by atoms with Gasteiger partial charge in [-0.05, 0) is 42.8 Å². The average Bonchev–Trinajstić information content (AvgIpc) is 2.59. The molecule has 118 valence electrons. The van der Waals surface area contributed by atoms with E-state index < -0.39 is 10.8 Å². The zero-order chi connectivity index (χ0) is 16.8. The number of benzene rings is 2. The van der Waals surface area contributed by atoms with Gasteiger partial charge in [0.2, 0.25) is 0 Å². The minimum absolute atomic E-state index is 0.0382. The quantitative estimate of drug-likeness (QED) is 0.521. The Balaban J connectivity index is 2.15. The molecule has 1 N–H and O–H groups in total. The topological polar surface area (TPSA) is 93.8 Å². The smallest absolute Gasteiger partial charge is 0.282 e. The van der Waals surface area contributed by atoms with Gasteiger partial charge in [0, 0.05) is 6.07 Å². The van der Waals surface area contributed by atoms with Gasteiger partial charge in [-0.1, -0.05) is 12.1 Å². The summed E-state index contributed by atoms with van der Waals surface area (Å²) in [7, 11) is 1.57. The fraction of sp³-hybridized carbons (Fsp3) is 0.125. The molecule has 2 aromatic rings. The van der Waals surface area contributed by atoms with Gasteiger partial charge in [0.15, 0.2) is 0 Å². The molecular weight excluding hydrogens is 298 g/mol. The molecule has 2 aromatic carbocycles. The van der Waals surface area contributed by atoms with Crippen LogP contribution in [0.5, 0.6) is 5.75 Å². The highest BCUT2D eigenvalue weighted by atomic mass is 16.6. The van der Waals surface area contributed by atoms with E-state index in [1.807, 2.05) is 0 Å². The Bertz CT molecular complexity index is 754. The number of ether oxygens (including phenoxy) is 1. The molecular formula is C16H15N3O4. The van der Waals surface area contributed by atoms with E-state index >= 15 is 0 Å². The third-order valence-electron chi connectivity index (χ3n) is 3.18. The number of carbonyl (C=O) groups is 1. The van der Waals surface area contributed by atoms with Gasteiger partial charge in [-0.3, -0.25) is 14.9 Å². The first kappa shape index (κ1) is 16.2. The van der Waals surface area contributed by atoms with Crippen LogP contribution in [0.3, 0.4) is 0 Å².